The second-order valence-electron chi connectivity index (χ2n) is 6.34. The zero-order valence-electron chi connectivity index (χ0n) is 16.5. The number of ketones is 1. The summed E-state index contributed by atoms with van der Waals surface area (Å²) in [5.41, 5.74) is 1.32. The van der Waals surface area contributed by atoms with E-state index in [2.05, 4.69) is 14.9 Å². The number of carbonyl (C=O) groups is 1. The quantitative estimate of drug-likeness (QED) is 0.345. The second kappa shape index (κ2) is 10.3. The maximum atomic E-state index is 12.8. The predicted molar refractivity (Wildman–Crippen MR) is 110 cm³/mol. The Balaban J connectivity index is 1.77. The highest BCUT2D eigenvalue weighted by Crippen LogP contribution is 2.28. The number of benzene rings is 2. The van der Waals surface area contributed by atoms with Crippen molar-refractivity contribution in [2.75, 3.05) is 13.7 Å². The number of rotatable bonds is 10. The minimum atomic E-state index is -2.90. The number of aromatic nitrogens is 3. The molecule has 6 nitrogen and oxygen atoms in total. The molecule has 0 aliphatic rings. The van der Waals surface area contributed by atoms with E-state index >= 15 is 0 Å². The number of ether oxygens (including phenoxy) is 2. The number of hydrogen-bond acceptors (Lipinski definition) is 6. The summed E-state index contributed by atoms with van der Waals surface area (Å²) in [6, 6.07) is 15.3. The molecule has 0 aliphatic carbocycles. The Morgan fingerprint density at radius 1 is 1.10 bits per heavy atom. The number of nitrogens with zero attached hydrogens (tertiary/aromatic N) is 3. The topological polar surface area (TPSA) is 66.2 Å². The maximum absolute atomic E-state index is 12.8. The van der Waals surface area contributed by atoms with Crippen molar-refractivity contribution in [2.24, 2.45) is 0 Å². The third-order valence-electron chi connectivity index (χ3n) is 4.28. The molecule has 1 aromatic heterocycles. The van der Waals surface area contributed by atoms with Crippen LogP contribution >= 0.6 is 11.8 Å². The van der Waals surface area contributed by atoms with Crippen LogP contribution in [0.5, 0.6) is 5.75 Å². The molecule has 0 aliphatic heterocycles. The summed E-state index contributed by atoms with van der Waals surface area (Å²) in [6.45, 7) is -0.123. The van der Waals surface area contributed by atoms with E-state index in [0.717, 1.165) is 5.56 Å². The first-order valence-electron chi connectivity index (χ1n) is 9.23. The van der Waals surface area contributed by atoms with Gasteiger partial charge < -0.3 is 9.47 Å². The number of halogens is 2. The standard InChI is InChI=1S/C21H21F2N3O3S/c1-14(18(27)15-8-10-17(11-9-15)29-20(22)23)30-21-25-24-19(26(21)12-13-28-2)16-6-4-3-5-7-16/h3-11,14,20H,12-13H2,1-2H3/t14-/m0/s1. The molecular weight excluding hydrogens is 412 g/mol. The normalized spacial score (nSPS) is 12.2. The highest BCUT2D eigenvalue weighted by Gasteiger charge is 2.22. The minimum absolute atomic E-state index is 0.00803. The van der Waals surface area contributed by atoms with Gasteiger partial charge in [-0.2, -0.15) is 8.78 Å². The molecule has 0 saturated carbocycles. The van der Waals surface area contributed by atoms with Crippen LogP contribution in [0.4, 0.5) is 8.78 Å². The fourth-order valence-corrected chi connectivity index (χ4v) is 3.76. The van der Waals surface area contributed by atoms with Gasteiger partial charge in [0.25, 0.3) is 0 Å². The highest BCUT2D eigenvalue weighted by atomic mass is 32.2. The van der Waals surface area contributed by atoms with Crippen LogP contribution in [0.25, 0.3) is 11.4 Å². The predicted octanol–water partition coefficient (Wildman–Crippen LogP) is 4.56. The third-order valence-corrected chi connectivity index (χ3v) is 5.36. The molecule has 9 heteroatoms. The van der Waals surface area contributed by atoms with Crippen LogP contribution in [-0.4, -0.2) is 46.1 Å². The van der Waals surface area contributed by atoms with Gasteiger partial charge in [0.05, 0.1) is 18.4 Å². The molecule has 0 unspecified atom stereocenters. The van der Waals surface area contributed by atoms with E-state index in [0.29, 0.717) is 29.7 Å². The van der Waals surface area contributed by atoms with Crippen LogP contribution in [-0.2, 0) is 11.3 Å². The van der Waals surface area contributed by atoms with Crippen molar-refractivity contribution < 1.29 is 23.0 Å². The number of methoxy groups -OCH3 is 1. The zero-order chi connectivity index (χ0) is 21.5. The summed E-state index contributed by atoms with van der Waals surface area (Å²) in [7, 11) is 1.62. The van der Waals surface area contributed by atoms with Crippen molar-refractivity contribution in [1.82, 2.24) is 14.8 Å². The molecule has 0 saturated heterocycles. The van der Waals surface area contributed by atoms with Crippen molar-refractivity contribution in [1.29, 1.82) is 0 Å². The van der Waals surface area contributed by atoms with Gasteiger partial charge in [-0.25, -0.2) is 0 Å². The van der Waals surface area contributed by atoms with Crippen LogP contribution in [0.2, 0.25) is 0 Å². The summed E-state index contributed by atoms with van der Waals surface area (Å²) in [5, 5.41) is 8.72. The van der Waals surface area contributed by atoms with Gasteiger partial charge in [0.1, 0.15) is 5.75 Å². The van der Waals surface area contributed by atoms with E-state index in [-0.39, 0.29) is 11.5 Å². The number of hydrogen-bond donors (Lipinski definition) is 0. The fourth-order valence-electron chi connectivity index (χ4n) is 2.81. The molecule has 30 heavy (non-hydrogen) atoms. The van der Waals surface area contributed by atoms with Gasteiger partial charge in [0, 0.05) is 18.2 Å². The number of thioether (sulfide) groups is 1. The van der Waals surface area contributed by atoms with Crippen LogP contribution in [0.3, 0.4) is 0 Å². The Labute approximate surface area is 177 Å². The third kappa shape index (κ3) is 5.43. The van der Waals surface area contributed by atoms with Gasteiger partial charge >= 0.3 is 6.61 Å². The molecule has 0 bridgehead atoms. The SMILES string of the molecule is COCCn1c(S[C@@H](C)C(=O)c2ccc(OC(F)F)cc2)nnc1-c1ccccc1. The lowest BCUT2D eigenvalue weighted by atomic mass is 10.1. The number of carbonyl (C=O) groups excluding carboxylic acids is 1. The molecule has 0 fully saturated rings. The van der Waals surface area contributed by atoms with Gasteiger partial charge in [-0.15, -0.1) is 10.2 Å². The first-order chi connectivity index (χ1) is 14.5. The molecule has 0 radical (unpaired) electrons. The second-order valence-corrected chi connectivity index (χ2v) is 7.65. The monoisotopic (exact) mass is 433 g/mol. The molecule has 3 aromatic rings. The molecule has 158 valence electrons. The molecule has 0 amide bonds. The maximum Gasteiger partial charge on any atom is 0.387 e. The van der Waals surface area contributed by atoms with E-state index in [4.69, 9.17) is 4.74 Å². The van der Waals surface area contributed by atoms with Crippen LogP contribution in [0.15, 0.2) is 59.8 Å². The Hall–Kier alpha value is -2.78. The van der Waals surface area contributed by atoms with Crippen LogP contribution in [0, 0.1) is 0 Å². The Morgan fingerprint density at radius 2 is 1.80 bits per heavy atom. The lowest BCUT2D eigenvalue weighted by molar-refractivity contribution is -0.0498. The van der Waals surface area contributed by atoms with Crippen molar-refractivity contribution in [3.8, 4) is 17.1 Å². The van der Waals surface area contributed by atoms with E-state index in [9.17, 15) is 13.6 Å². The highest BCUT2D eigenvalue weighted by molar-refractivity contribution is 8.00. The number of alkyl halides is 2. The smallest absolute Gasteiger partial charge is 0.387 e. The average Bonchev–Trinajstić information content (AvgIpc) is 3.14. The average molecular weight is 433 g/mol. The molecule has 1 heterocycles. The van der Waals surface area contributed by atoms with Crippen molar-refractivity contribution in [2.45, 2.75) is 30.5 Å². The lowest BCUT2D eigenvalue weighted by Crippen LogP contribution is -2.15. The summed E-state index contributed by atoms with van der Waals surface area (Å²) in [5.74, 6) is 0.558. The molecule has 2 aromatic carbocycles. The molecule has 0 spiro atoms. The van der Waals surface area contributed by atoms with Crippen molar-refractivity contribution in [3.63, 3.8) is 0 Å². The van der Waals surface area contributed by atoms with Gasteiger partial charge in [-0.1, -0.05) is 42.1 Å². The molecular formula is C21H21F2N3O3S. The lowest BCUT2D eigenvalue weighted by Gasteiger charge is -2.13. The number of Topliss-reactive ketones (excluding diaryl/α,β-unsaturated/α-hetero) is 1. The van der Waals surface area contributed by atoms with Gasteiger partial charge in [0.15, 0.2) is 16.8 Å². The van der Waals surface area contributed by atoms with Crippen LogP contribution < -0.4 is 4.74 Å². The van der Waals surface area contributed by atoms with Crippen LogP contribution in [0.1, 0.15) is 17.3 Å². The van der Waals surface area contributed by atoms with Gasteiger partial charge in [0.2, 0.25) is 0 Å². The first-order valence-corrected chi connectivity index (χ1v) is 10.1. The summed E-state index contributed by atoms with van der Waals surface area (Å²) < 4.78 is 36.0. The zero-order valence-corrected chi connectivity index (χ0v) is 17.3. The van der Waals surface area contributed by atoms with E-state index in [1.165, 1.54) is 36.0 Å². The molecule has 3 rings (SSSR count). The van der Waals surface area contributed by atoms with Gasteiger partial charge in [-0.05, 0) is 31.2 Å². The largest absolute Gasteiger partial charge is 0.435 e. The van der Waals surface area contributed by atoms with Gasteiger partial charge in [-0.3, -0.25) is 9.36 Å². The van der Waals surface area contributed by atoms with E-state index < -0.39 is 11.9 Å². The summed E-state index contributed by atoms with van der Waals surface area (Å²) in [4.78, 5) is 12.8. The first kappa shape index (κ1) is 21.9. The van der Waals surface area contributed by atoms with Crippen molar-refractivity contribution >= 4 is 17.5 Å². The minimum Gasteiger partial charge on any atom is -0.435 e. The fraction of sp³-hybridized carbons (Fsp3) is 0.286. The van der Waals surface area contributed by atoms with E-state index in [1.54, 1.807) is 14.0 Å². The Bertz CT molecular complexity index is 965. The Morgan fingerprint density at radius 3 is 2.43 bits per heavy atom. The molecule has 0 N–H and O–H groups in total. The Kier molecular flexibility index (Phi) is 7.53. The van der Waals surface area contributed by atoms with Crippen molar-refractivity contribution in [3.05, 3.63) is 60.2 Å². The van der Waals surface area contributed by atoms with E-state index in [1.807, 2.05) is 34.9 Å². The summed E-state index contributed by atoms with van der Waals surface area (Å²) in [6.07, 6.45) is 0. The molecule has 1 atom stereocenters. The summed E-state index contributed by atoms with van der Waals surface area (Å²) >= 11 is 1.29.